The molecule has 2 heterocycles. The van der Waals surface area contributed by atoms with Crippen LogP contribution in [-0.4, -0.2) is 59.5 Å². The minimum absolute atomic E-state index is 0.0534. The number of sulfonamides is 1. The highest BCUT2D eigenvalue weighted by Crippen LogP contribution is 2.35. The largest absolute Gasteiger partial charge is 0.393 e. The topological polar surface area (TPSA) is 84.7 Å². The molecular weight excluding hydrogens is 318 g/mol. The van der Waals surface area contributed by atoms with Crippen LogP contribution in [-0.2, 0) is 21.8 Å². The minimum Gasteiger partial charge on any atom is -0.393 e. The van der Waals surface area contributed by atoms with Crippen molar-refractivity contribution in [1.29, 1.82) is 0 Å². The third-order valence-corrected chi connectivity index (χ3v) is 7.33. The quantitative estimate of drug-likeness (QED) is 0.868. The summed E-state index contributed by atoms with van der Waals surface area (Å²) in [6, 6.07) is -0.301. The molecule has 130 valence electrons. The number of nitrogens with zero attached hydrogens (tertiary/aromatic N) is 3. The first-order valence-electron chi connectivity index (χ1n) is 8.12. The van der Waals surface area contributed by atoms with Crippen LogP contribution in [0.5, 0.6) is 0 Å². The summed E-state index contributed by atoms with van der Waals surface area (Å²) in [5, 5.41) is 14.5. The van der Waals surface area contributed by atoms with Crippen LogP contribution >= 0.6 is 0 Å². The molecule has 1 aromatic heterocycles. The molecular formula is C15H25N3O4S. The van der Waals surface area contributed by atoms with Crippen LogP contribution in [0.15, 0.2) is 4.90 Å². The van der Waals surface area contributed by atoms with Gasteiger partial charge in [0.2, 0.25) is 10.0 Å². The summed E-state index contributed by atoms with van der Waals surface area (Å²) >= 11 is 0. The van der Waals surface area contributed by atoms with E-state index in [4.69, 9.17) is 4.74 Å². The van der Waals surface area contributed by atoms with Crippen LogP contribution in [0.1, 0.15) is 30.7 Å². The second kappa shape index (κ2) is 6.16. The van der Waals surface area contributed by atoms with Gasteiger partial charge in [-0.1, -0.05) is 6.42 Å². The van der Waals surface area contributed by atoms with Gasteiger partial charge >= 0.3 is 0 Å². The van der Waals surface area contributed by atoms with Crippen LogP contribution in [0.25, 0.3) is 0 Å². The molecule has 8 heteroatoms. The molecule has 1 saturated carbocycles. The zero-order valence-electron chi connectivity index (χ0n) is 13.9. The first-order chi connectivity index (χ1) is 10.8. The molecule has 0 bridgehead atoms. The Balaban J connectivity index is 1.99. The number of hydrogen-bond acceptors (Lipinski definition) is 5. The second-order valence-electron chi connectivity index (χ2n) is 6.54. The Morgan fingerprint density at radius 3 is 2.61 bits per heavy atom. The molecule has 3 rings (SSSR count). The van der Waals surface area contributed by atoms with E-state index in [1.807, 2.05) is 0 Å². The molecule has 1 aliphatic carbocycles. The highest BCUT2D eigenvalue weighted by atomic mass is 32.2. The van der Waals surface area contributed by atoms with Crippen molar-refractivity contribution in [2.24, 2.45) is 13.0 Å². The van der Waals surface area contributed by atoms with E-state index in [-0.39, 0.29) is 12.0 Å². The highest BCUT2D eigenvalue weighted by molar-refractivity contribution is 7.89. The monoisotopic (exact) mass is 343 g/mol. The Labute approximate surface area is 137 Å². The first kappa shape index (κ1) is 16.9. The third-order valence-electron chi connectivity index (χ3n) is 5.15. The van der Waals surface area contributed by atoms with Crippen LogP contribution in [0.4, 0.5) is 0 Å². The molecule has 0 spiro atoms. The maximum Gasteiger partial charge on any atom is 0.247 e. The third kappa shape index (κ3) is 2.82. The van der Waals surface area contributed by atoms with Crippen molar-refractivity contribution in [3.63, 3.8) is 0 Å². The molecule has 1 saturated heterocycles. The molecule has 0 aromatic carbocycles. The summed E-state index contributed by atoms with van der Waals surface area (Å²) in [5.41, 5.74) is 1.15. The fraction of sp³-hybridized carbons (Fsp3) is 0.800. The van der Waals surface area contributed by atoms with E-state index < -0.39 is 16.1 Å². The number of rotatable bonds is 3. The van der Waals surface area contributed by atoms with Gasteiger partial charge in [0.25, 0.3) is 0 Å². The van der Waals surface area contributed by atoms with Gasteiger partial charge in [-0.3, -0.25) is 4.68 Å². The van der Waals surface area contributed by atoms with Crippen molar-refractivity contribution >= 4 is 10.0 Å². The minimum atomic E-state index is -3.65. The van der Waals surface area contributed by atoms with Crippen molar-refractivity contribution in [3.8, 4) is 0 Å². The lowest BCUT2D eigenvalue weighted by Gasteiger charge is -2.39. The molecule has 23 heavy (non-hydrogen) atoms. The number of morpholine rings is 1. The standard InChI is InChI=1S/C15H25N3O4S/c1-10-15(11(2)17(3)16-10)23(20,21)18-7-8-22-9-13(18)12-5-4-6-14(12)19/h12-14,19H,4-9H2,1-3H3/t12-,13-,14-/m1/s1. The molecule has 1 aliphatic heterocycles. The summed E-state index contributed by atoms with van der Waals surface area (Å²) in [6.07, 6.45) is 2.06. The molecule has 2 fully saturated rings. The van der Waals surface area contributed by atoms with Crippen molar-refractivity contribution in [2.45, 2.75) is 50.2 Å². The normalized spacial score (nSPS) is 30.0. The van der Waals surface area contributed by atoms with Crippen molar-refractivity contribution < 1.29 is 18.3 Å². The van der Waals surface area contributed by atoms with Crippen LogP contribution in [0.3, 0.4) is 0 Å². The fourth-order valence-electron chi connectivity index (χ4n) is 3.91. The van der Waals surface area contributed by atoms with Gasteiger partial charge in [0.15, 0.2) is 0 Å². The average Bonchev–Trinajstić information content (AvgIpc) is 3.03. The Hall–Kier alpha value is -0.960. The first-order valence-corrected chi connectivity index (χ1v) is 9.56. The molecule has 3 atom stereocenters. The summed E-state index contributed by atoms with van der Waals surface area (Å²) in [4.78, 5) is 0.291. The lowest BCUT2D eigenvalue weighted by molar-refractivity contribution is -0.0148. The zero-order valence-corrected chi connectivity index (χ0v) is 14.7. The summed E-state index contributed by atoms with van der Waals surface area (Å²) in [7, 11) is -1.90. The number of aliphatic hydroxyl groups excluding tert-OH is 1. The van der Waals surface area contributed by atoms with Gasteiger partial charge in [-0.15, -0.1) is 0 Å². The molecule has 0 radical (unpaired) electrons. The van der Waals surface area contributed by atoms with Crippen molar-refractivity contribution in [1.82, 2.24) is 14.1 Å². The number of aliphatic hydroxyl groups is 1. The number of ether oxygens (including phenoxy) is 1. The van der Waals surface area contributed by atoms with Gasteiger partial charge in [-0.05, 0) is 26.7 Å². The molecule has 0 amide bonds. The SMILES string of the molecule is Cc1nn(C)c(C)c1S(=O)(=O)N1CCOC[C@@H]1[C@H]1CCC[C@H]1O. The predicted molar refractivity (Wildman–Crippen MR) is 84.5 cm³/mol. The van der Waals surface area contributed by atoms with E-state index in [1.165, 1.54) is 4.31 Å². The molecule has 1 N–H and O–H groups in total. The maximum atomic E-state index is 13.3. The van der Waals surface area contributed by atoms with E-state index >= 15 is 0 Å². The molecule has 0 unspecified atom stereocenters. The Morgan fingerprint density at radius 1 is 1.30 bits per heavy atom. The van der Waals surface area contributed by atoms with Crippen molar-refractivity contribution in [2.75, 3.05) is 19.8 Å². The van der Waals surface area contributed by atoms with E-state index in [0.717, 1.165) is 19.3 Å². The molecule has 1 aromatic rings. The van der Waals surface area contributed by atoms with E-state index in [2.05, 4.69) is 5.10 Å². The van der Waals surface area contributed by atoms with Crippen LogP contribution in [0.2, 0.25) is 0 Å². The summed E-state index contributed by atoms with van der Waals surface area (Å²) in [6.45, 7) is 4.55. The van der Waals surface area contributed by atoms with E-state index in [1.54, 1.807) is 25.6 Å². The van der Waals surface area contributed by atoms with Crippen LogP contribution in [0, 0.1) is 19.8 Å². The highest BCUT2D eigenvalue weighted by Gasteiger charge is 2.44. The zero-order chi connectivity index (χ0) is 16.8. The van der Waals surface area contributed by atoms with Gasteiger partial charge in [0, 0.05) is 19.5 Å². The molecule has 7 nitrogen and oxygen atoms in total. The van der Waals surface area contributed by atoms with E-state index in [0.29, 0.717) is 36.0 Å². The lowest BCUT2D eigenvalue weighted by atomic mass is 9.96. The van der Waals surface area contributed by atoms with Crippen molar-refractivity contribution in [3.05, 3.63) is 11.4 Å². The summed E-state index contributed by atoms with van der Waals surface area (Å²) in [5.74, 6) is -0.0534. The summed E-state index contributed by atoms with van der Waals surface area (Å²) < 4.78 is 35.2. The number of hydrogen-bond donors (Lipinski definition) is 1. The average molecular weight is 343 g/mol. The lowest BCUT2D eigenvalue weighted by Crippen LogP contribution is -2.53. The molecule has 2 aliphatic rings. The number of aryl methyl sites for hydroxylation is 2. The Bertz CT molecular complexity index is 685. The fourth-order valence-corrected chi connectivity index (χ4v) is 5.95. The van der Waals surface area contributed by atoms with Gasteiger partial charge in [-0.2, -0.15) is 9.40 Å². The van der Waals surface area contributed by atoms with Gasteiger partial charge in [-0.25, -0.2) is 8.42 Å². The Morgan fingerprint density at radius 2 is 2.04 bits per heavy atom. The van der Waals surface area contributed by atoms with Crippen LogP contribution < -0.4 is 0 Å². The van der Waals surface area contributed by atoms with Gasteiger partial charge in [0.1, 0.15) is 4.90 Å². The smallest absolute Gasteiger partial charge is 0.247 e. The number of aromatic nitrogens is 2. The second-order valence-corrected chi connectivity index (χ2v) is 8.37. The predicted octanol–water partition coefficient (Wildman–Crippen LogP) is 0.587. The maximum absolute atomic E-state index is 13.3. The van der Waals surface area contributed by atoms with E-state index in [9.17, 15) is 13.5 Å². The van der Waals surface area contributed by atoms with Gasteiger partial charge < -0.3 is 9.84 Å². The van der Waals surface area contributed by atoms with Gasteiger partial charge in [0.05, 0.1) is 36.7 Å². The Kier molecular flexibility index (Phi) is 4.52.